The molecule has 1 aromatic rings. The van der Waals surface area contributed by atoms with Gasteiger partial charge in [0.05, 0.1) is 16.3 Å². The third-order valence-corrected chi connectivity index (χ3v) is 5.17. The lowest BCUT2D eigenvalue weighted by molar-refractivity contribution is 0.0895. The van der Waals surface area contributed by atoms with Crippen LogP contribution >= 0.6 is 11.3 Å². The van der Waals surface area contributed by atoms with Gasteiger partial charge in [-0.05, 0) is 30.4 Å². The van der Waals surface area contributed by atoms with E-state index < -0.39 is 0 Å². The van der Waals surface area contributed by atoms with Crippen LogP contribution in [0, 0.1) is 23.7 Å². The van der Waals surface area contributed by atoms with Gasteiger partial charge in [0.25, 0.3) is 5.91 Å². The summed E-state index contributed by atoms with van der Waals surface area (Å²) >= 11 is 1.43. The van der Waals surface area contributed by atoms with Crippen molar-refractivity contribution in [2.24, 2.45) is 17.6 Å². The molecule has 1 aliphatic carbocycles. The molecule has 0 aliphatic heterocycles. The zero-order valence-electron chi connectivity index (χ0n) is 12.1. The number of hydrogen-bond acceptors (Lipinski definition) is 3. The average molecular weight is 290 g/mol. The van der Waals surface area contributed by atoms with E-state index in [1.54, 1.807) is 0 Å². The van der Waals surface area contributed by atoms with Gasteiger partial charge in [-0.25, -0.2) is 0 Å². The van der Waals surface area contributed by atoms with Crippen molar-refractivity contribution in [3.8, 4) is 11.8 Å². The Morgan fingerprint density at radius 2 is 2.25 bits per heavy atom. The molecule has 3 nitrogen and oxygen atoms in total. The third kappa shape index (κ3) is 3.62. The Hall–Kier alpha value is -1.31. The normalized spacial score (nSPS) is 25.6. The zero-order chi connectivity index (χ0) is 14.5. The third-order valence-electron chi connectivity index (χ3n) is 4.17. The zero-order valence-corrected chi connectivity index (χ0v) is 12.9. The summed E-state index contributed by atoms with van der Waals surface area (Å²) in [5.41, 5.74) is 5.35. The van der Waals surface area contributed by atoms with Crippen LogP contribution in [0.3, 0.4) is 0 Å². The van der Waals surface area contributed by atoms with Gasteiger partial charge in [0, 0.05) is 6.04 Å². The van der Waals surface area contributed by atoms with Crippen molar-refractivity contribution in [3.63, 3.8) is 0 Å². The Labute approximate surface area is 124 Å². The van der Waals surface area contributed by atoms with E-state index in [9.17, 15) is 4.79 Å². The highest BCUT2D eigenvalue weighted by Crippen LogP contribution is 2.29. The minimum absolute atomic E-state index is 0.0294. The molecular weight excluding hydrogens is 268 g/mol. The molecule has 4 heteroatoms. The fourth-order valence-corrected chi connectivity index (χ4v) is 3.47. The van der Waals surface area contributed by atoms with E-state index >= 15 is 0 Å². The maximum absolute atomic E-state index is 12.3. The van der Waals surface area contributed by atoms with Crippen molar-refractivity contribution in [2.75, 3.05) is 6.54 Å². The van der Waals surface area contributed by atoms with Crippen molar-refractivity contribution in [1.29, 1.82) is 0 Å². The number of rotatable bonds is 2. The summed E-state index contributed by atoms with van der Waals surface area (Å²) < 4.78 is 0. The summed E-state index contributed by atoms with van der Waals surface area (Å²) in [6, 6.07) is 4.03. The number of nitrogens with two attached hydrogens (primary N) is 1. The van der Waals surface area contributed by atoms with Gasteiger partial charge < -0.3 is 11.1 Å². The highest BCUT2D eigenvalue weighted by atomic mass is 32.1. The molecule has 3 atom stereocenters. The van der Waals surface area contributed by atoms with Gasteiger partial charge in [-0.3, -0.25) is 4.79 Å². The minimum Gasteiger partial charge on any atom is -0.348 e. The summed E-state index contributed by atoms with van der Waals surface area (Å²) in [5.74, 6) is 7.03. The number of thiophene rings is 1. The molecule has 1 saturated carbocycles. The van der Waals surface area contributed by atoms with Crippen LogP contribution < -0.4 is 11.1 Å². The molecule has 20 heavy (non-hydrogen) atoms. The standard InChI is InChI=1S/C16H22N2OS/c1-11-5-3-7-14(12(11)2)18-16(19)15-9-8-13(20-15)6-4-10-17/h8-9,11-12,14H,3,5,7,10,17H2,1-2H3,(H,18,19). The first kappa shape index (κ1) is 15.1. The number of carbonyl (C=O) groups excluding carboxylic acids is 1. The van der Waals surface area contributed by atoms with Crippen LogP contribution in [0.4, 0.5) is 0 Å². The lowest BCUT2D eigenvalue weighted by Crippen LogP contribution is -2.43. The fraction of sp³-hybridized carbons (Fsp3) is 0.562. The second kappa shape index (κ2) is 6.92. The maximum Gasteiger partial charge on any atom is 0.261 e. The molecule has 108 valence electrons. The number of hydrogen-bond donors (Lipinski definition) is 2. The highest BCUT2D eigenvalue weighted by Gasteiger charge is 2.28. The molecule has 1 heterocycles. The van der Waals surface area contributed by atoms with Crippen molar-refractivity contribution < 1.29 is 4.79 Å². The second-order valence-electron chi connectivity index (χ2n) is 5.52. The summed E-state index contributed by atoms with van der Waals surface area (Å²) in [4.78, 5) is 13.9. The van der Waals surface area contributed by atoms with Gasteiger partial charge in [0.1, 0.15) is 0 Å². The summed E-state index contributed by atoms with van der Waals surface area (Å²) in [6.07, 6.45) is 3.56. The Morgan fingerprint density at radius 1 is 1.45 bits per heavy atom. The molecule has 0 saturated heterocycles. The van der Waals surface area contributed by atoms with Crippen molar-refractivity contribution >= 4 is 17.2 Å². The predicted octanol–water partition coefficient (Wildman–Crippen LogP) is 2.61. The largest absolute Gasteiger partial charge is 0.348 e. The van der Waals surface area contributed by atoms with Crippen molar-refractivity contribution in [1.82, 2.24) is 5.32 Å². The molecule has 1 amide bonds. The molecule has 0 radical (unpaired) electrons. The van der Waals surface area contributed by atoms with E-state index in [1.165, 1.54) is 24.2 Å². The second-order valence-corrected chi connectivity index (χ2v) is 6.60. The first-order valence-corrected chi connectivity index (χ1v) is 8.03. The summed E-state index contributed by atoms with van der Waals surface area (Å²) in [5, 5.41) is 3.18. The van der Waals surface area contributed by atoms with Crippen LogP contribution in [0.2, 0.25) is 0 Å². The first-order chi connectivity index (χ1) is 9.61. The fourth-order valence-electron chi connectivity index (χ4n) is 2.69. The number of nitrogens with one attached hydrogen (secondary N) is 1. The Kier molecular flexibility index (Phi) is 5.22. The topological polar surface area (TPSA) is 55.1 Å². The van der Waals surface area contributed by atoms with Crippen LogP contribution in [0.25, 0.3) is 0 Å². The van der Waals surface area contributed by atoms with Gasteiger partial charge in [0.2, 0.25) is 0 Å². The highest BCUT2D eigenvalue weighted by molar-refractivity contribution is 7.14. The number of amides is 1. The van der Waals surface area contributed by atoms with Gasteiger partial charge in [0.15, 0.2) is 0 Å². The van der Waals surface area contributed by atoms with E-state index in [0.29, 0.717) is 24.4 Å². The summed E-state index contributed by atoms with van der Waals surface area (Å²) in [6.45, 7) is 4.85. The van der Waals surface area contributed by atoms with Crippen LogP contribution in [0.1, 0.15) is 47.7 Å². The van der Waals surface area contributed by atoms with Crippen molar-refractivity contribution in [2.45, 2.75) is 39.2 Å². The molecule has 0 spiro atoms. The van der Waals surface area contributed by atoms with Crippen LogP contribution in [-0.4, -0.2) is 18.5 Å². The Balaban J connectivity index is 1.99. The quantitative estimate of drug-likeness (QED) is 0.823. The smallest absolute Gasteiger partial charge is 0.261 e. The van der Waals surface area contributed by atoms with Gasteiger partial charge in [-0.1, -0.05) is 38.5 Å². The number of carbonyl (C=O) groups is 1. The van der Waals surface area contributed by atoms with Crippen LogP contribution in [-0.2, 0) is 0 Å². The van der Waals surface area contributed by atoms with Gasteiger partial charge in [-0.2, -0.15) is 0 Å². The molecule has 1 aromatic heterocycles. The Bertz CT molecular complexity index is 526. The average Bonchev–Trinajstić information content (AvgIpc) is 2.90. The molecule has 3 unspecified atom stereocenters. The minimum atomic E-state index is 0.0294. The van der Waals surface area contributed by atoms with Gasteiger partial charge >= 0.3 is 0 Å². The molecule has 0 aromatic carbocycles. The summed E-state index contributed by atoms with van der Waals surface area (Å²) in [7, 11) is 0. The van der Waals surface area contributed by atoms with E-state index in [2.05, 4.69) is 31.0 Å². The van der Waals surface area contributed by atoms with E-state index in [0.717, 1.165) is 16.2 Å². The maximum atomic E-state index is 12.3. The molecule has 2 rings (SSSR count). The molecule has 1 aliphatic rings. The lowest BCUT2D eigenvalue weighted by Gasteiger charge is -2.34. The van der Waals surface area contributed by atoms with Crippen LogP contribution in [0.15, 0.2) is 12.1 Å². The van der Waals surface area contributed by atoms with E-state index in [4.69, 9.17) is 5.73 Å². The van der Waals surface area contributed by atoms with Crippen LogP contribution in [0.5, 0.6) is 0 Å². The van der Waals surface area contributed by atoms with Gasteiger partial charge in [-0.15, -0.1) is 11.3 Å². The first-order valence-electron chi connectivity index (χ1n) is 7.21. The molecule has 0 bridgehead atoms. The lowest BCUT2D eigenvalue weighted by atomic mass is 9.78. The monoisotopic (exact) mass is 290 g/mol. The predicted molar refractivity (Wildman–Crippen MR) is 83.7 cm³/mol. The molecular formula is C16H22N2OS. The van der Waals surface area contributed by atoms with E-state index in [-0.39, 0.29) is 5.91 Å². The SMILES string of the molecule is CC1CCCC(NC(=O)c2ccc(C#CCN)s2)C1C. The Morgan fingerprint density at radius 3 is 3.00 bits per heavy atom. The van der Waals surface area contributed by atoms with Crippen molar-refractivity contribution in [3.05, 3.63) is 21.9 Å². The molecule has 3 N–H and O–H groups in total. The molecule has 1 fully saturated rings. The van der Waals surface area contributed by atoms with E-state index in [1.807, 2.05) is 12.1 Å².